The molecule has 1 fully saturated rings. The normalized spacial score (nSPS) is 14.5. The van der Waals surface area contributed by atoms with E-state index in [4.69, 9.17) is 10.5 Å². The molecule has 2 aromatic carbocycles. The Morgan fingerprint density at radius 1 is 1.17 bits per heavy atom. The smallest absolute Gasteiger partial charge is 0.222 e. The molecule has 8 heteroatoms. The van der Waals surface area contributed by atoms with Crippen LogP contribution in [0.1, 0.15) is 43.7 Å². The van der Waals surface area contributed by atoms with Crippen molar-refractivity contribution in [1.29, 1.82) is 0 Å². The lowest BCUT2D eigenvalue weighted by molar-refractivity contribution is 0.147. The number of unbranched alkanes of at least 4 members (excludes halogenated alkanes) is 1. The average Bonchev–Trinajstić information content (AvgIpc) is 3.51. The van der Waals surface area contributed by atoms with Gasteiger partial charge < -0.3 is 30.8 Å². The number of nitrogens with one attached hydrogen (secondary N) is 2. The maximum atomic E-state index is 10.1. The number of nitrogens with two attached hydrogens (primary N) is 1. The minimum Gasteiger partial charge on any atom is -0.496 e. The molecule has 0 atom stereocenters. The predicted octanol–water partition coefficient (Wildman–Crippen LogP) is 4.05. The summed E-state index contributed by atoms with van der Waals surface area (Å²) in [6.45, 7) is 4.89. The van der Waals surface area contributed by atoms with Crippen molar-refractivity contribution < 1.29 is 9.84 Å². The van der Waals surface area contributed by atoms with Gasteiger partial charge in [0.15, 0.2) is 5.82 Å². The number of para-hydroxylation sites is 1. The van der Waals surface area contributed by atoms with Crippen LogP contribution in [0.2, 0.25) is 0 Å². The zero-order valence-corrected chi connectivity index (χ0v) is 20.5. The average molecular weight is 475 g/mol. The second kappa shape index (κ2) is 9.71. The summed E-state index contributed by atoms with van der Waals surface area (Å²) in [5, 5.41) is 18.0. The van der Waals surface area contributed by atoms with Crippen LogP contribution in [0.3, 0.4) is 0 Å². The van der Waals surface area contributed by atoms with Gasteiger partial charge in [0.05, 0.1) is 24.8 Å². The summed E-state index contributed by atoms with van der Waals surface area (Å²) in [4.78, 5) is 9.20. The molecule has 5 N–H and O–H groups in total. The first-order chi connectivity index (χ1) is 17.0. The number of methoxy groups -OCH3 is 1. The zero-order chi connectivity index (χ0) is 24.4. The number of rotatable bonds is 11. The van der Waals surface area contributed by atoms with Gasteiger partial charge in [-0.15, -0.1) is 0 Å². The third-order valence-corrected chi connectivity index (χ3v) is 6.73. The Morgan fingerprint density at radius 2 is 2.00 bits per heavy atom. The van der Waals surface area contributed by atoms with Crippen LogP contribution in [0, 0.1) is 0 Å². The molecule has 1 aliphatic rings. The molecule has 0 spiro atoms. The maximum Gasteiger partial charge on any atom is 0.222 e. The highest BCUT2D eigenvalue weighted by Gasteiger charge is 2.39. The monoisotopic (exact) mass is 474 g/mol. The van der Waals surface area contributed by atoms with Gasteiger partial charge in [-0.2, -0.15) is 4.98 Å². The van der Waals surface area contributed by atoms with Crippen molar-refractivity contribution in [2.24, 2.45) is 0 Å². The molecule has 8 nitrogen and oxygen atoms in total. The Morgan fingerprint density at radius 3 is 2.77 bits per heavy atom. The van der Waals surface area contributed by atoms with E-state index in [1.165, 1.54) is 0 Å². The van der Waals surface area contributed by atoms with Gasteiger partial charge in [-0.05, 0) is 43.0 Å². The van der Waals surface area contributed by atoms with Crippen LogP contribution in [0.5, 0.6) is 5.75 Å². The zero-order valence-electron chi connectivity index (χ0n) is 20.5. The molecule has 2 heterocycles. The first kappa shape index (κ1) is 23.4. The highest BCUT2D eigenvalue weighted by Crippen LogP contribution is 2.35. The van der Waals surface area contributed by atoms with Crippen molar-refractivity contribution in [3.63, 3.8) is 0 Å². The standard InChI is InChI=1S/C27H34N6O2/c1-3-4-13-30-25-24-23(31-26(28)32-25)20-7-5-6-8-21(20)33(24)16-19-14-18(9-10-22(19)35-2)15-29-17-27(34)11-12-27/h5-10,14,29,34H,3-4,11-13,15-17H2,1-2H3,(H3,28,30,31,32). The van der Waals surface area contributed by atoms with E-state index in [-0.39, 0.29) is 5.95 Å². The van der Waals surface area contributed by atoms with Gasteiger partial charge in [0.25, 0.3) is 0 Å². The van der Waals surface area contributed by atoms with Crippen molar-refractivity contribution in [3.8, 4) is 5.75 Å². The molecule has 0 amide bonds. The lowest BCUT2D eigenvalue weighted by atomic mass is 10.1. The highest BCUT2D eigenvalue weighted by molar-refractivity contribution is 6.09. The molecule has 1 saturated carbocycles. The summed E-state index contributed by atoms with van der Waals surface area (Å²) in [6, 6.07) is 14.5. The summed E-state index contributed by atoms with van der Waals surface area (Å²) in [5.41, 5.74) is 10.7. The molecule has 0 saturated heterocycles. The summed E-state index contributed by atoms with van der Waals surface area (Å²) >= 11 is 0. The number of ether oxygens (including phenoxy) is 1. The van der Waals surface area contributed by atoms with Crippen LogP contribution in [0.4, 0.5) is 11.8 Å². The molecule has 0 bridgehead atoms. The van der Waals surface area contributed by atoms with Gasteiger partial charge >= 0.3 is 0 Å². The van der Waals surface area contributed by atoms with E-state index in [1.54, 1.807) is 7.11 Å². The molecule has 184 valence electrons. The van der Waals surface area contributed by atoms with Gasteiger partial charge in [-0.1, -0.05) is 37.6 Å². The van der Waals surface area contributed by atoms with Crippen LogP contribution >= 0.6 is 0 Å². The van der Waals surface area contributed by atoms with Gasteiger partial charge in [-0.25, -0.2) is 4.98 Å². The van der Waals surface area contributed by atoms with Gasteiger partial charge in [0.1, 0.15) is 16.8 Å². The van der Waals surface area contributed by atoms with E-state index in [0.29, 0.717) is 19.6 Å². The number of aromatic nitrogens is 3. The molecule has 0 radical (unpaired) electrons. The SMILES string of the molecule is CCCCNc1nc(N)nc2c3ccccc3n(Cc3cc(CNCC4(O)CC4)ccc3OC)c12. The van der Waals surface area contributed by atoms with Gasteiger partial charge in [0, 0.05) is 30.6 Å². The number of aliphatic hydroxyl groups is 1. The van der Waals surface area contributed by atoms with Gasteiger partial charge in [0.2, 0.25) is 5.95 Å². The molecule has 2 aromatic heterocycles. The Labute approximate surface area is 205 Å². The van der Waals surface area contributed by atoms with E-state index >= 15 is 0 Å². The van der Waals surface area contributed by atoms with Crippen molar-refractivity contribution in [3.05, 3.63) is 53.6 Å². The summed E-state index contributed by atoms with van der Waals surface area (Å²) in [5.74, 6) is 1.85. The van der Waals surface area contributed by atoms with E-state index in [0.717, 1.165) is 76.9 Å². The molecule has 5 rings (SSSR count). The van der Waals surface area contributed by atoms with Crippen molar-refractivity contribution in [1.82, 2.24) is 19.9 Å². The molecular weight excluding hydrogens is 440 g/mol. The fourth-order valence-corrected chi connectivity index (χ4v) is 4.61. The number of fused-ring (bicyclic) bond motifs is 3. The molecule has 1 aliphatic carbocycles. The topological polar surface area (TPSA) is 110 Å². The minimum atomic E-state index is -0.513. The number of hydrogen-bond acceptors (Lipinski definition) is 7. The number of nitrogen functional groups attached to an aromatic ring is 1. The second-order valence-electron chi connectivity index (χ2n) is 9.49. The van der Waals surface area contributed by atoms with Crippen LogP contribution in [-0.2, 0) is 13.1 Å². The number of anilines is 2. The van der Waals surface area contributed by atoms with E-state index < -0.39 is 5.60 Å². The van der Waals surface area contributed by atoms with Crippen molar-refractivity contribution >= 4 is 33.7 Å². The Kier molecular flexibility index (Phi) is 6.49. The fourth-order valence-electron chi connectivity index (χ4n) is 4.61. The first-order valence-electron chi connectivity index (χ1n) is 12.4. The van der Waals surface area contributed by atoms with Crippen LogP contribution in [0.15, 0.2) is 42.5 Å². The van der Waals surface area contributed by atoms with E-state index in [2.05, 4.69) is 56.4 Å². The van der Waals surface area contributed by atoms with E-state index in [9.17, 15) is 5.11 Å². The summed E-state index contributed by atoms with van der Waals surface area (Å²) in [7, 11) is 1.70. The number of benzene rings is 2. The molecule has 0 aliphatic heterocycles. The third-order valence-electron chi connectivity index (χ3n) is 6.73. The van der Waals surface area contributed by atoms with Gasteiger partial charge in [-0.3, -0.25) is 0 Å². The maximum absolute atomic E-state index is 10.1. The predicted molar refractivity (Wildman–Crippen MR) is 141 cm³/mol. The lowest BCUT2D eigenvalue weighted by Gasteiger charge is -2.16. The largest absolute Gasteiger partial charge is 0.496 e. The number of nitrogens with zero attached hydrogens (tertiary/aromatic N) is 3. The van der Waals surface area contributed by atoms with Crippen molar-refractivity contribution in [2.75, 3.05) is 31.2 Å². The summed E-state index contributed by atoms with van der Waals surface area (Å²) in [6.07, 6.45) is 3.89. The summed E-state index contributed by atoms with van der Waals surface area (Å²) < 4.78 is 7.98. The van der Waals surface area contributed by atoms with Crippen molar-refractivity contribution in [2.45, 2.75) is 51.3 Å². The molecular formula is C27H34N6O2. The molecule has 35 heavy (non-hydrogen) atoms. The van der Waals surface area contributed by atoms with Crippen LogP contribution in [0.25, 0.3) is 21.9 Å². The highest BCUT2D eigenvalue weighted by atomic mass is 16.5. The quantitative estimate of drug-likeness (QED) is 0.243. The van der Waals surface area contributed by atoms with Crippen LogP contribution in [-0.4, -0.2) is 45.4 Å². The molecule has 4 aromatic rings. The van der Waals surface area contributed by atoms with E-state index in [1.807, 2.05) is 18.2 Å². The number of hydrogen-bond donors (Lipinski definition) is 4. The first-order valence-corrected chi connectivity index (χ1v) is 12.4. The third kappa shape index (κ3) is 4.90. The van der Waals surface area contributed by atoms with Crippen LogP contribution < -0.4 is 21.1 Å². The Hall–Kier alpha value is -3.36. The minimum absolute atomic E-state index is 0.266. The fraction of sp³-hybridized carbons (Fsp3) is 0.407. The Balaban J connectivity index is 1.55. The second-order valence-corrected chi connectivity index (χ2v) is 9.49. The molecule has 0 unspecified atom stereocenters. The lowest BCUT2D eigenvalue weighted by Crippen LogP contribution is -2.27. The Bertz CT molecular complexity index is 1340.